The summed E-state index contributed by atoms with van der Waals surface area (Å²) in [5.41, 5.74) is -0.465. The summed E-state index contributed by atoms with van der Waals surface area (Å²) in [6.45, 7) is -2.43. The summed E-state index contributed by atoms with van der Waals surface area (Å²) in [5.74, 6) is -4.50. The van der Waals surface area contributed by atoms with Gasteiger partial charge >= 0.3 is 24.1 Å². The molecule has 1 rings (SSSR count). The number of carbonyl (C=O) groups excluding carboxylic acids is 4. The number of halogens is 3. The largest absolute Gasteiger partial charge is 0.465 e. The molecule has 0 aliphatic carbocycles. The molecule has 1 aromatic heterocycles. The first-order chi connectivity index (χ1) is 14.2. The van der Waals surface area contributed by atoms with Gasteiger partial charge in [-0.2, -0.15) is 17.9 Å². The Morgan fingerprint density at radius 1 is 1.06 bits per heavy atom. The van der Waals surface area contributed by atoms with Crippen LogP contribution in [-0.4, -0.2) is 72.3 Å². The van der Waals surface area contributed by atoms with Crippen molar-refractivity contribution in [3.8, 4) is 0 Å². The summed E-state index contributed by atoms with van der Waals surface area (Å²) in [6, 6.07) is 0. The lowest BCUT2D eigenvalue weighted by molar-refractivity contribution is -0.150. The van der Waals surface area contributed by atoms with E-state index in [1.807, 2.05) is 4.72 Å². The summed E-state index contributed by atoms with van der Waals surface area (Å²) < 4.78 is 75.6. The number of nitrogens with one attached hydrogen (secondary N) is 2. The van der Waals surface area contributed by atoms with Crippen molar-refractivity contribution in [3.05, 3.63) is 16.0 Å². The zero-order chi connectivity index (χ0) is 24.0. The minimum absolute atomic E-state index is 0.0204. The maximum absolute atomic E-state index is 12.5. The SMILES string of the molecule is COC(=O)c1sc(S(=O)(=O)NCC(=O)OCC(=O)NCC(F)(F)F)c(C(=O)OC)c1C. The van der Waals surface area contributed by atoms with E-state index in [4.69, 9.17) is 0 Å². The van der Waals surface area contributed by atoms with E-state index >= 15 is 0 Å². The Morgan fingerprint density at radius 2 is 1.65 bits per heavy atom. The molecule has 2 N–H and O–H groups in total. The van der Waals surface area contributed by atoms with Gasteiger partial charge in [0.05, 0.1) is 19.8 Å². The van der Waals surface area contributed by atoms with Gasteiger partial charge < -0.3 is 19.5 Å². The van der Waals surface area contributed by atoms with Crippen LogP contribution in [0.5, 0.6) is 0 Å². The van der Waals surface area contributed by atoms with Crippen LogP contribution in [0.3, 0.4) is 0 Å². The molecule has 174 valence electrons. The van der Waals surface area contributed by atoms with Crippen molar-refractivity contribution in [2.45, 2.75) is 17.3 Å². The fourth-order valence-electron chi connectivity index (χ4n) is 1.97. The third kappa shape index (κ3) is 7.48. The molecule has 0 atom stereocenters. The number of amides is 1. The van der Waals surface area contributed by atoms with E-state index in [9.17, 15) is 40.8 Å². The normalized spacial score (nSPS) is 11.5. The molecule has 0 radical (unpaired) electrons. The van der Waals surface area contributed by atoms with Gasteiger partial charge in [0.15, 0.2) is 10.8 Å². The third-order valence-corrected chi connectivity index (χ3v) is 6.57. The fourth-order valence-corrected chi connectivity index (χ4v) is 4.72. The van der Waals surface area contributed by atoms with Gasteiger partial charge in [0.1, 0.15) is 18.0 Å². The lowest BCUT2D eigenvalue weighted by Gasteiger charge is -2.09. The van der Waals surface area contributed by atoms with E-state index in [1.165, 1.54) is 12.2 Å². The maximum Gasteiger partial charge on any atom is 0.405 e. The minimum Gasteiger partial charge on any atom is -0.465 e. The highest BCUT2D eigenvalue weighted by molar-refractivity contribution is 7.91. The van der Waals surface area contributed by atoms with Gasteiger partial charge in [-0.1, -0.05) is 0 Å². The van der Waals surface area contributed by atoms with E-state index < -0.39 is 69.5 Å². The number of ether oxygens (including phenoxy) is 3. The third-order valence-electron chi connectivity index (χ3n) is 3.38. The van der Waals surface area contributed by atoms with Crippen molar-refractivity contribution in [3.63, 3.8) is 0 Å². The number of esters is 3. The second kappa shape index (κ2) is 10.5. The number of hydrogen-bond acceptors (Lipinski definition) is 10. The standard InChI is InChI=1S/C15H17F3N2O9S2/c1-7-10(12(23)27-2)14(30-11(7)13(24)28-3)31(25,26)20-4-9(22)29-5-8(21)19-6-15(16,17)18/h20H,4-6H2,1-3H3,(H,19,21). The van der Waals surface area contributed by atoms with Gasteiger partial charge in [0.25, 0.3) is 15.9 Å². The zero-order valence-electron chi connectivity index (χ0n) is 16.2. The highest BCUT2D eigenvalue weighted by Gasteiger charge is 2.33. The van der Waals surface area contributed by atoms with Crippen LogP contribution in [0.25, 0.3) is 0 Å². The Bertz CT molecular complexity index is 971. The van der Waals surface area contributed by atoms with Crippen LogP contribution in [0.15, 0.2) is 4.21 Å². The molecule has 0 aliphatic heterocycles. The summed E-state index contributed by atoms with van der Waals surface area (Å²) in [4.78, 5) is 46.4. The van der Waals surface area contributed by atoms with E-state index in [1.54, 1.807) is 0 Å². The van der Waals surface area contributed by atoms with Crippen LogP contribution in [0, 0.1) is 6.92 Å². The molecule has 0 fully saturated rings. The number of sulfonamides is 1. The van der Waals surface area contributed by atoms with Gasteiger partial charge in [-0.15, -0.1) is 11.3 Å². The van der Waals surface area contributed by atoms with Crippen molar-refractivity contribution in [1.29, 1.82) is 0 Å². The quantitative estimate of drug-likeness (QED) is 0.363. The van der Waals surface area contributed by atoms with Crippen molar-refractivity contribution in [1.82, 2.24) is 10.0 Å². The number of thiophene rings is 1. The molecule has 0 aromatic carbocycles. The fraction of sp³-hybridized carbons (Fsp3) is 0.467. The van der Waals surface area contributed by atoms with E-state index in [0.717, 1.165) is 14.2 Å². The molecule has 0 unspecified atom stereocenters. The second-order valence-corrected chi connectivity index (χ2v) is 8.56. The zero-order valence-corrected chi connectivity index (χ0v) is 17.9. The molecule has 0 saturated carbocycles. The average Bonchev–Trinajstić information content (AvgIpc) is 3.05. The molecule has 1 heterocycles. The molecule has 0 aliphatic rings. The van der Waals surface area contributed by atoms with Crippen molar-refractivity contribution < 1.29 is 55.0 Å². The Balaban J connectivity index is 2.88. The van der Waals surface area contributed by atoms with Crippen molar-refractivity contribution in [2.24, 2.45) is 0 Å². The van der Waals surface area contributed by atoms with Crippen molar-refractivity contribution in [2.75, 3.05) is 33.9 Å². The Labute approximate surface area is 177 Å². The number of methoxy groups -OCH3 is 2. The highest BCUT2D eigenvalue weighted by Crippen LogP contribution is 2.33. The van der Waals surface area contributed by atoms with Crippen LogP contribution < -0.4 is 10.0 Å². The van der Waals surface area contributed by atoms with Gasteiger partial charge in [0.2, 0.25) is 0 Å². The van der Waals surface area contributed by atoms with Crippen LogP contribution in [0.1, 0.15) is 25.6 Å². The molecule has 11 nitrogen and oxygen atoms in total. The van der Waals surface area contributed by atoms with E-state index in [2.05, 4.69) is 14.2 Å². The Morgan fingerprint density at radius 3 is 2.16 bits per heavy atom. The summed E-state index contributed by atoms with van der Waals surface area (Å²) in [6.07, 6.45) is -4.66. The molecule has 0 bridgehead atoms. The first-order valence-corrected chi connectivity index (χ1v) is 10.3. The average molecular weight is 490 g/mol. The molecule has 31 heavy (non-hydrogen) atoms. The maximum atomic E-state index is 12.5. The molecule has 0 spiro atoms. The Kier molecular flexibility index (Phi) is 8.95. The molecule has 1 amide bonds. The first-order valence-electron chi connectivity index (χ1n) is 8.02. The summed E-state index contributed by atoms with van der Waals surface area (Å²) in [5, 5.41) is 1.45. The number of alkyl halides is 3. The monoisotopic (exact) mass is 490 g/mol. The predicted octanol–water partition coefficient (Wildman–Crippen LogP) is 0.130. The number of rotatable bonds is 9. The smallest absolute Gasteiger partial charge is 0.405 e. The Hall–Kier alpha value is -2.72. The molecule has 1 aromatic rings. The van der Waals surface area contributed by atoms with Crippen molar-refractivity contribution >= 4 is 45.2 Å². The lowest BCUT2D eigenvalue weighted by Crippen LogP contribution is -2.37. The predicted molar refractivity (Wildman–Crippen MR) is 96.9 cm³/mol. The first kappa shape index (κ1) is 26.3. The molecular weight excluding hydrogens is 473 g/mol. The van der Waals surface area contributed by atoms with Crippen LogP contribution >= 0.6 is 11.3 Å². The lowest BCUT2D eigenvalue weighted by atomic mass is 10.2. The summed E-state index contributed by atoms with van der Waals surface area (Å²) >= 11 is 0.400. The van der Waals surface area contributed by atoms with Crippen LogP contribution in [0.2, 0.25) is 0 Å². The van der Waals surface area contributed by atoms with Crippen LogP contribution in [0.4, 0.5) is 13.2 Å². The molecule has 16 heteroatoms. The van der Waals surface area contributed by atoms with Gasteiger partial charge in [-0.05, 0) is 12.5 Å². The van der Waals surface area contributed by atoms with Gasteiger partial charge in [-0.3, -0.25) is 9.59 Å². The number of carbonyl (C=O) groups is 4. The second-order valence-electron chi connectivity index (χ2n) is 5.58. The minimum atomic E-state index is -4.66. The molecular formula is C15H17F3N2O9S2. The molecule has 0 saturated heterocycles. The summed E-state index contributed by atoms with van der Waals surface area (Å²) in [7, 11) is -2.51. The van der Waals surface area contributed by atoms with Crippen LogP contribution in [-0.2, 0) is 33.8 Å². The van der Waals surface area contributed by atoms with Gasteiger partial charge in [-0.25, -0.2) is 18.0 Å². The highest BCUT2D eigenvalue weighted by atomic mass is 32.2. The van der Waals surface area contributed by atoms with Gasteiger partial charge in [0, 0.05) is 0 Å². The number of hydrogen-bond donors (Lipinski definition) is 2. The van der Waals surface area contributed by atoms with E-state index in [0.29, 0.717) is 11.3 Å². The van der Waals surface area contributed by atoms with E-state index in [-0.39, 0.29) is 10.4 Å². The topological polar surface area (TPSA) is 154 Å².